The number of hydrazone groups is 1. The molecule has 2 aromatic carbocycles. The van der Waals surface area contributed by atoms with Crippen molar-refractivity contribution in [3.05, 3.63) is 87.7 Å². The van der Waals surface area contributed by atoms with Gasteiger partial charge in [-0.1, -0.05) is 35.3 Å². The molecule has 148 valence electrons. The van der Waals surface area contributed by atoms with Crippen LogP contribution in [0, 0.1) is 0 Å². The van der Waals surface area contributed by atoms with Gasteiger partial charge in [-0.2, -0.15) is 5.10 Å². The third-order valence-electron chi connectivity index (χ3n) is 3.88. The number of nitrogens with one attached hydrogen (secondary N) is 1. The number of methoxy groups -OCH3 is 1. The number of benzene rings is 2. The minimum absolute atomic E-state index is 0.115. The summed E-state index contributed by atoms with van der Waals surface area (Å²) in [5, 5.41) is 4.73. The number of hydrogen-bond donors (Lipinski definition) is 1. The normalized spacial score (nSPS) is 10.7. The second kappa shape index (κ2) is 9.91. The number of ether oxygens (including phenoxy) is 2. The molecular formula is C21H17Cl2N3O3. The third kappa shape index (κ3) is 5.70. The van der Waals surface area contributed by atoms with Crippen LogP contribution in [-0.2, 0) is 6.61 Å². The minimum Gasteiger partial charge on any atom is -0.493 e. The monoisotopic (exact) mass is 429 g/mol. The highest BCUT2D eigenvalue weighted by Crippen LogP contribution is 2.28. The number of rotatable bonds is 7. The lowest BCUT2D eigenvalue weighted by Gasteiger charge is -2.11. The summed E-state index contributed by atoms with van der Waals surface area (Å²) in [4.78, 5) is 15.9. The summed E-state index contributed by atoms with van der Waals surface area (Å²) in [5.74, 6) is 0.685. The second-order valence-corrected chi connectivity index (χ2v) is 6.66. The van der Waals surface area contributed by atoms with Crippen LogP contribution in [0.5, 0.6) is 11.5 Å². The predicted octanol–water partition coefficient (Wildman–Crippen LogP) is 4.74. The van der Waals surface area contributed by atoms with Gasteiger partial charge < -0.3 is 9.47 Å². The van der Waals surface area contributed by atoms with Crippen LogP contribution in [-0.4, -0.2) is 24.2 Å². The molecule has 3 rings (SSSR count). The van der Waals surface area contributed by atoms with E-state index in [0.717, 1.165) is 11.1 Å². The zero-order valence-electron chi connectivity index (χ0n) is 15.4. The predicted molar refractivity (Wildman–Crippen MR) is 113 cm³/mol. The lowest BCUT2D eigenvalue weighted by atomic mass is 10.2. The zero-order chi connectivity index (χ0) is 20.6. The Kier molecular flexibility index (Phi) is 7.05. The molecule has 0 atom stereocenters. The van der Waals surface area contributed by atoms with Crippen molar-refractivity contribution in [3.63, 3.8) is 0 Å². The SMILES string of the molecule is COc1cc(/C=N/NC(=O)c2cccnc2Cl)ccc1OCc1ccc(Cl)cc1. The summed E-state index contributed by atoms with van der Waals surface area (Å²) in [6, 6.07) is 15.9. The van der Waals surface area contributed by atoms with E-state index in [1.807, 2.05) is 24.3 Å². The average molecular weight is 430 g/mol. The molecule has 0 unspecified atom stereocenters. The van der Waals surface area contributed by atoms with Gasteiger partial charge in [0.2, 0.25) is 0 Å². The molecule has 0 aliphatic rings. The fourth-order valence-electron chi connectivity index (χ4n) is 2.41. The number of nitrogens with zero attached hydrogens (tertiary/aromatic N) is 2. The summed E-state index contributed by atoms with van der Waals surface area (Å²) >= 11 is 11.8. The summed E-state index contributed by atoms with van der Waals surface area (Å²) in [6.07, 6.45) is 3.00. The van der Waals surface area contributed by atoms with E-state index in [4.69, 9.17) is 32.7 Å². The van der Waals surface area contributed by atoms with E-state index in [0.29, 0.717) is 23.1 Å². The van der Waals surface area contributed by atoms with Crippen molar-refractivity contribution in [3.8, 4) is 11.5 Å². The number of carbonyl (C=O) groups is 1. The van der Waals surface area contributed by atoms with E-state index in [2.05, 4.69) is 15.5 Å². The highest BCUT2D eigenvalue weighted by atomic mass is 35.5. The van der Waals surface area contributed by atoms with Gasteiger partial charge >= 0.3 is 0 Å². The molecule has 0 aliphatic heterocycles. The van der Waals surface area contributed by atoms with Crippen molar-refractivity contribution in [2.45, 2.75) is 6.61 Å². The zero-order valence-corrected chi connectivity index (χ0v) is 16.9. The Bertz CT molecular complexity index is 1020. The Labute approximate surface area is 178 Å². The van der Waals surface area contributed by atoms with Gasteiger partial charge in [0.15, 0.2) is 11.5 Å². The highest BCUT2D eigenvalue weighted by molar-refractivity contribution is 6.32. The van der Waals surface area contributed by atoms with Crippen LogP contribution in [0.25, 0.3) is 0 Å². The lowest BCUT2D eigenvalue weighted by molar-refractivity contribution is 0.0955. The van der Waals surface area contributed by atoms with Crippen molar-refractivity contribution in [2.24, 2.45) is 5.10 Å². The lowest BCUT2D eigenvalue weighted by Crippen LogP contribution is -2.18. The average Bonchev–Trinajstić information content (AvgIpc) is 2.74. The number of amides is 1. The topological polar surface area (TPSA) is 72.8 Å². The fraction of sp³-hybridized carbons (Fsp3) is 0.0952. The molecule has 3 aromatic rings. The van der Waals surface area contributed by atoms with Gasteiger partial charge in [-0.3, -0.25) is 4.79 Å². The minimum atomic E-state index is -0.450. The van der Waals surface area contributed by atoms with Crippen LogP contribution >= 0.6 is 23.2 Å². The van der Waals surface area contributed by atoms with Crippen LogP contribution in [0.4, 0.5) is 0 Å². The number of hydrogen-bond acceptors (Lipinski definition) is 5. The molecule has 0 aliphatic carbocycles. The first kappa shape index (κ1) is 20.6. The fourth-order valence-corrected chi connectivity index (χ4v) is 2.74. The van der Waals surface area contributed by atoms with E-state index >= 15 is 0 Å². The number of halogens is 2. The van der Waals surface area contributed by atoms with Crippen LogP contribution in [0.15, 0.2) is 65.9 Å². The molecule has 0 fully saturated rings. The summed E-state index contributed by atoms with van der Waals surface area (Å²) in [7, 11) is 1.55. The van der Waals surface area contributed by atoms with Crippen molar-refractivity contribution in [1.29, 1.82) is 0 Å². The smallest absolute Gasteiger partial charge is 0.274 e. The first-order valence-corrected chi connectivity index (χ1v) is 9.31. The molecule has 0 bridgehead atoms. The molecule has 1 aromatic heterocycles. The maximum absolute atomic E-state index is 12.1. The Morgan fingerprint density at radius 1 is 1.14 bits per heavy atom. The summed E-state index contributed by atoms with van der Waals surface area (Å²) in [6.45, 7) is 0.378. The Balaban J connectivity index is 1.63. The van der Waals surface area contributed by atoms with Gasteiger partial charge in [0, 0.05) is 11.2 Å². The van der Waals surface area contributed by atoms with Gasteiger partial charge in [-0.15, -0.1) is 0 Å². The number of aromatic nitrogens is 1. The molecule has 0 saturated carbocycles. The van der Waals surface area contributed by atoms with E-state index in [-0.39, 0.29) is 10.7 Å². The van der Waals surface area contributed by atoms with Crippen LogP contribution < -0.4 is 14.9 Å². The van der Waals surface area contributed by atoms with Crippen LogP contribution in [0.1, 0.15) is 21.5 Å². The maximum atomic E-state index is 12.1. The second-order valence-electron chi connectivity index (χ2n) is 5.87. The molecule has 6 nitrogen and oxygen atoms in total. The Morgan fingerprint density at radius 3 is 2.66 bits per heavy atom. The van der Waals surface area contributed by atoms with E-state index in [1.165, 1.54) is 12.4 Å². The van der Waals surface area contributed by atoms with Crippen LogP contribution in [0.2, 0.25) is 10.2 Å². The number of pyridine rings is 1. The summed E-state index contributed by atoms with van der Waals surface area (Å²) < 4.78 is 11.2. The van der Waals surface area contributed by atoms with Crippen molar-refractivity contribution < 1.29 is 14.3 Å². The van der Waals surface area contributed by atoms with Gasteiger partial charge in [0.25, 0.3) is 5.91 Å². The van der Waals surface area contributed by atoms with E-state index in [1.54, 1.807) is 37.4 Å². The first-order chi connectivity index (χ1) is 14.1. The van der Waals surface area contributed by atoms with Gasteiger partial charge in [-0.05, 0) is 53.6 Å². The highest BCUT2D eigenvalue weighted by Gasteiger charge is 2.09. The van der Waals surface area contributed by atoms with E-state index < -0.39 is 5.91 Å². The quantitative estimate of drug-likeness (QED) is 0.334. The molecule has 29 heavy (non-hydrogen) atoms. The number of carbonyl (C=O) groups excluding carboxylic acids is 1. The molecule has 1 amide bonds. The van der Waals surface area contributed by atoms with Crippen LogP contribution in [0.3, 0.4) is 0 Å². The standard InChI is InChI=1S/C21H17Cl2N3O3/c1-28-19-11-15(12-25-26-21(27)17-3-2-10-24-20(17)23)6-9-18(19)29-13-14-4-7-16(22)8-5-14/h2-12H,13H2,1H3,(H,26,27)/b25-12+. The van der Waals surface area contributed by atoms with E-state index in [9.17, 15) is 4.79 Å². The molecule has 1 heterocycles. The summed E-state index contributed by atoms with van der Waals surface area (Å²) in [5.41, 5.74) is 4.37. The molecular weight excluding hydrogens is 413 g/mol. The van der Waals surface area contributed by atoms with Gasteiger partial charge in [0.1, 0.15) is 11.8 Å². The Hall–Kier alpha value is -3.09. The Morgan fingerprint density at radius 2 is 1.93 bits per heavy atom. The van der Waals surface area contributed by atoms with Crippen molar-refractivity contribution in [2.75, 3.05) is 7.11 Å². The maximum Gasteiger partial charge on any atom is 0.274 e. The third-order valence-corrected chi connectivity index (χ3v) is 4.43. The largest absolute Gasteiger partial charge is 0.493 e. The van der Waals surface area contributed by atoms with Crippen molar-refractivity contribution in [1.82, 2.24) is 10.4 Å². The first-order valence-electron chi connectivity index (χ1n) is 8.56. The molecule has 1 N–H and O–H groups in total. The molecule has 0 saturated heterocycles. The molecule has 0 spiro atoms. The molecule has 8 heteroatoms. The molecule has 0 radical (unpaired) electrons. The van der Waals surface area contributed by atoms with Gasteiger partial charge in [0.05, 0.1) is 18.9 Å². The van der Waals surface area contributed by atoms with Crippen molar-refractivity contribution >= 4 is 35.3 Å². The van der Waals surface area contributed by atoms with Gasteiger partial charge in [-0.25, -0.2) is 10.4 Å².